The van der Waals surface area contributed by atoms with Crippen LogP contribution < -0.4 is 0 Å². The fourth-order valence-corrected chi connectivity index (χ4v) is 2.04. The van der Waals surface area contributed by atoms with E-state index >= 15 is 0 Å². The largest absolute Gasteiger partial charge is 0.310 e. The molecule has 2 aromatic rings. The van der Waals surface area contributed by atoms with Gasteiger partial charge in [-0.25, -0.2) is 4.39 Å². The maximum absolute atomic E-state index is 13.6. The van der Waals surface area contributed by atoms with Gasteiger partial charge in [-0.1, -0.05) is 19.1 Å². The van der Waals surface area contributed by atoms with Crippen molar-refractivity contribution in [2.45, 2.75) is 32.7 Å². The summed E-state index contributed by atoms with van der Waals surface area (Å²) in [5.41, 5.74) is 1.35. The van der Waals surface area contributed by atoms with Crippen LogP contribution in [0.2, 0.25) is 0 Å². The molecule has 0 fully saturated rings. The van der Waals surface area contributed by atoms with Crippen molar-refractivity contribution in [1.82, 2.24) is 14.8 Å². The summed E-state index contributed by atoms with van der Waals surface area (Å²) in [6.45, 7) is 4.58. The van der Waals surface area contributed by atoms with Gasteiger partial charge in [-0.3, -0.25) is 0 Å². The molecule has 1 aromatic carbocycles. The van der Waals surface area contributed by atoms with Crippen molar-refractivity contribution >= 4 is 11.6 Å². The van der Waals surface area contributed by atoms with Gasteiger partial charge in [0, 0.05) is 12.1 Å². The Kier molecular flexibility index (Phi) is 3.97. The van der Waals surface area contributed by atoms with E-state index in [0.717, 1.165) is 24.4 Å². The lowest BCUT2D eigenvalue weighted by Crippen LogP contribution is -2.04. The Labute approximate surface area is 111 Å². The second kappa shape index (κ2) is 5.48. The lowest BCUT2D eigenvalue weighted by molar-refractivity contribution is 0.618. The summed E-state index contributed by atoms with van der Waals surface area (Å²) in [5, 5.41) is 8.15. The molecular formula is C13H15ClFN3. The van der Waals surface area contributed by atoms with Crippen LogP contribution in [0.5, 0.6) is 0 Å². The molecule has 0 N–H and O–H groups in total. The summed E-state index contributed by atoms with van der Waals surface area (Å²) in [6.07, 6.45) is 0.948. The number of hydrogen-bond donors (Lipinski definition) is 0. The van der Waals surface area contributed by atoms with E-state index in [2.05, 4.69) is 17.1 Å². The third-order valence-electron chi connectivity index (χ3n) is 2.82. The topological polar surface area (TPSA) is 30.7 Å². The summed E-state index contributed by atoms with van der Waals surface area (Å²) < 4.78 is 15.5. The Morgan fingerprint density at radius 1 is 1.33 bits per heavy atom. The first-order valence-corrected chi connectivity index (χ1v) is 6.45. The predicted octanol–water partition coefficient (Wildman–Crippen LogP) is 3.54. The van der Waals surface area contributed by atoms with Gasteiger partial charge in [0.05, 0.1) is 5.88 Å². The van der Waals surface area contributed by atoms with Gasteiger partial charge in [0.1, 0.15) is 11.6 Å². The van der Waals surface area contributed by atoms with Crippen LogP contribution in [0.25, 0.3) is 11.4 Å². The molecule has 0 aliphatic rings. The van der Waals surface area contributed by atoms with E-state index in [9.17, 15) is 4.39 Å². The van der Waals surface area contributed by atoms with Crippen molar-refractivity contribution in [2.75, 3.05) is 0 Å². The molecule has 96 valence electrons. The van der Waals surface area contributed by atoms with E-state index in [1.165, 1.54) is 6.07 Å². The van der Waals surface area contributed by atoms with E-state index in [0.29, 0.717) is 17.3 Å². The second-order valence-electron chi connectivity index (χ2n) is 4.19. The number of aromatic nitrogens is 3. The van der Waals surface area contributed by atoms with Gasteiger partial charge >= 0.3 is 0 Å². The maximum Gasteiger partial charge on any atom is 0.164 e. The van der Waals surface area contributed by atoms with E-state index in [4.69, 9.17) is 11.6 Å². The van der Waals surface area contributed by atoms with Crippen LogP contribution in [0, 0.1) is 12.7 Å². The zero-order valence-corrected chi connectivity index (χ0v) is 11.2. The highest BCUT2D eigenvalue weighted by molar-refractivity contribution is 6.16. The van der Waals surface area contributed by atoms with Crippen LogP contribution in [0.1, 0.15) is 24.7 Å². The van der Waals surface area contributed by atoms with E-state index in [1.54, 1.807) is 13.0 Å². The first-order valence-electron chi connectivity index (χ1n) is 5.92. The highest BCUT2D eigenvalue weighted by Crippen LogP contribution is 2.22. The predicted molar refractivity (Wildman–Crippen MR) is 70.0 cm³/mol. The molecule has 0 amide bonds. The van der Waals surface area contributed by atoms with E-state index in [1.807, 2.05) is 10.6 Å². The minimum absolute atomic E-state index is 0.231. The molecule has 5 heteroatoms. The number of benzene rings is 1. The third kappa shape index (κ3) is 2.38. The molecule has 0 bridgehead atoms. The number of hydrogen-bond acceptors (Lipinski definition) is 2. The quantitative estimate of drug-likeness (QED) is 0.794. The molecule has 0 spiro atoms. The standard InChI is InChI=1S/C13H15ClFN3/c1-3-6-18-12(8-14)16-17-13(18)10-5-4-9(2)11(15)7-10/h4-5,7H,3,6,8H2,1-2H3. The first kappa shape index (κ1) is 13.0. The van der Waals surface area contributed by atoms with Gasteiger partial charge < -0.3 is 4.57 Å². The molecule has 0 aliphatic heterocycles. The summed E-state index contributed by atoms with van der Waals surface area (Å²) in [7, 11) is 0. The molecule has 3 nitrogen and oxygen atoms in total. The minimum atomic E-state index is -0.231. The molecule has 1 aromatic heterocycles. The fourth-order valence-electron chi connectivity index (χ4n) is 1.84. The van der Waals surface area contributed by atoms with Crippen molar-refractivity contribution in [3.8, 4) is 11.4 Å². The average molecular weight is 268 g/mol. The van der Waals surface area contributed by atoms with Crippen LogP contribution in [-0.2, 0) is 12.4 Å². The molecule has 0 saturated heterocycles. The molecule has 0 atom stereocenters. The van der Waals surface area contributed by atoms with Crippen molar-refractivity contribution < 1.29 is 4.39 Å². The summed E-state index contributed by atoms with van der Waals surface area (Å²) in [4.78, 5) is 0. The molecule has 2 rings (SSSR count). The Morgan fingerprint density at radius 2 is 2.11 bits per heavy atom. The van der Waals surface area contributed by atoms with Crippen LogP contribution in [0.15, 0.2) is 18.2 Å². The number of halogens is 2. The van der Waals surface area contributed by atoms with Crippen molar-refractivity contribution in [2.24, 2.45) is 0 Å². The van der Waals surface area contributed by atoms with Gasteiger partial charge in [-0.2, -0.15) is 0 Å². The van der Waals surface area contributed by atoms with Crippen molar-refractivity contribution in [1.29, 1.82) is 0 Å². The van der Waals surface area contributed by atoms with Gasteiger partial charge in [0.25, 0.3) is 0 Å². The Bertz CT molecular complexity index is 551. The lowest BCUT2D eigenvalue weighted by atomic mass is 10.1. The molecular weight excluding hydrogens is 253 g/mol. The minimum Gasteiger partial charge on any atom is -0.310 e. The molecule has 0 aliphatic carbocycles. The van der Waals surface area contributed by atoms with Gasteiger partial charge in [-0.05, 0) is 25.0 Å². The Morgan fingerprint density at radius 3 is 2.72 bits per heavy atom. The van der Waals surface area contributed by atoms with Crippen molar-refractivity contribution in [3.63, 3.8) is 0 Å². The normalized spacial score (nSPS) is 10.9. The van der Waals surface area contributed by atoms with Crippen LogP contribution >= 0.6 is 11.6 Å². The lowest BCUT2D eigenvalue weighted by Gasteiger charge is -2.08. The van der Waals surface area contributed by atoms with Crippen LogP contribution in [0.4, 0.5) is 4.39 Å². The molecule has 0 saturated carbocycles. The fraction of sp³-hybridized carbons (Fsp3) is 0.385. The smallest absolute Gasteiger partial charge is 0.164 e. The molecule has 1 heterocycles. The zero-order chi connectivity index (χ0) is 13.1. The summed E-state index contributed by atoms with van der Waals surface area (Å²) in [6, 6.07) is 5.09. The van der Waals surface area contributed by atoms with Crippen LogP contribution in [-0.4, -0.2) is 14.8 Å². The molecule has 0 radical (unpaired) electrons. The van der Waals surface area contributed by atoms with Crippen molar-refractivity contribution in [3.05, 3.63) is 35.4 Å². The number of nitrogens with zero attached hydrogens (tertiary/aromatic N) is 3. The summed E-state index contributed by atoms with van der Waals surface area (Å²) in [5.74, 6) is 1.47. The SMILES string of the molecule is CCCn1c(CCl)nnc1-c1ccc(C)c(F)c1. The van der Waals surface area contributed by atoms with E-state index in [-0.39, 0.29) is 5.82 Å². The van der Waals surface area contributed by atoms with Crippen LogP contribution in [0.3, 0.4) is 0 Å². The van der Waals surface area contributed by atoms with E-state index < -0.39 is 0 Å². The number of alkyl halides is 1. The Hall–Kier alpha value is -1.42. The molecule has 18 heavy (non-hydrogen) atoms. The summed E-state index contributed by atoms with van der Waals surface area (Å²) >= 11 is 5.83. The third-order valence-corrected chi connectivity index (χ3v) is 3.06. The number of aryl methyl sites for hydroxylation is 1. The second-order valence-corrected chi connectivity index (χ2v) is 4.46. The average Bonchev–Trinajstić information content (AvgIpc) is 2.76. The highest BCUT2D eigenvalue weighted by atomic mass is 35.5. The number of rotatable bonds is 4. The monoisotopic (exact) mass is 267 g/mol. The van der Waals surface area contributed by atoms with Gasteiger partial charge in [0.15, 0.2) is 5.82 Å². The van der Waals surface area contributed by atoms with Gasteiger partial charge in [0.2, 0.25) is 0 Å². The highest BCUT2D eigenvalue weighted by Gasteiger charge is 2.13. The Balaban J connectivity index is 2.49. The maximum atomic E-state index is 13.6. The molecule has 0 unspecified atom stereocenters. The zero-order valence-electron chi connectivity index (χ0n) is 10.5. The first-order chi connectivity index (χ1) is 8.67. The van der Waals surface area contributed by atoms with Gasteiger partial charge in [-0.15, -0.1) is 21.8 Å².